The number of benzene rings is 2. The molecule has 0 unspecified atom stereocenters. The Morgan fingerprint density at radius 3 is 2.25 bits per heavy atom. The molecular weight excluding hydrogens is 740 g/mol. The zero-order chi connectivity index (χ0) is 42.3. The molecule has 17 nitrogen and oxygen atoms in total. The number of aliphatic hydroxyl groups is 3. The Hall–Kier alpha value is -5.94. The molecule has 17 heteroatoms. The molecule has 8 N–H and O–H groups in total. The van der Waals surface area contributed by atoms with Gasteiger partial charge in [0.2, 0.25) is 18.5 Å². The largest absolute Gasteiger partial charge is 0.510 e. The number of ether oxygens (including phenoxy) is 2. The van der Waals surface area contributed by atoms with Gasteiger partial charge in [0.05, 0.1) is 28.6 Å². The van der Waals surface area contributed by atoms with Crippen molar-refractivity contribution in [3.05, 3.63) is 69.0 Å². The number of carbonyl (C=O) groups is 5. The third kappa shape index (κ3) is 7.76. The number of phenolic OH excluding ortho intramolecular Hbond substituents is 1. The second-order valence-corrected chi connectivity index (χ2v) is 15.2. The summed E-state index contributed by atoms with van der Waals surface area (Å²) < 4.78 is 10.3. The van der Waals surface area contributed by atoms with E-state index in [1.165, 1.54) is 11.0 Å². The Morgan fingerprint density at radius 2 is 1.67 bits per heavy atom. The van der Waals surface area contributed by atoms with Crippen LogP contribution in [0.3, 0.4) is 0 Å². The Morgan fingerprint density at radius 1 is 1.02 bits per heavy atom. The molecule has 0 heterocycles. The molecule has 0 saturated heterocycles. The maximum absolute atomic E-state index is 14.3. The third-order valence-corrected chi connectivity index (χ3v) is 10.7. The lowest BCUT2D eigenvalue weighted by atomic mass is 9.56. The van der Waals surface area contributed by atoms with Crippen molar-refractivity contribution in [2.45, 2.75) is 58.1 Å². The van der Waals surface area contributed by atoms with Crippen molar-refractivity contribution >= 4 is 52.5 Å². The molecule has 0 aliphatic heterocycles. The van der Waals surface area contributed by atoms with E-state index in [-0.39, 0.29) is 36.2 Å². The van der Waals surface area contributed by atoms with Crippen LogP contribution in [0.25, 0.3) is 5.76 Å². The van der Waals surface area contributed by atoms with E-state index in [0.29, 0.717) is 29.7 Å². The number of amides is 3. The fraction of sp³-hybridized carbons (Fsp3) is 0.450. The van der Waals surface area contributed by atoms with Crippen molar-refractivity contribution in [3.63, 3.8) is 0 Å². The molecule has 0 radical (unpaired) electrons. The molecule has 3 amide bonds. The number of anilines is 2. The van der Waals surface area contributed by atoms with Crippen molar-refractivity contribution in [3.8, 4) is 5.75 Å². The van der Waals surface area contributed by atoms with Gasteiger partial charge < -0.3 is 51.3 Å². The number of aromatic hydroxyl groups is 1. The summed E-state index contributed by atoms with van der Waals surface area (Å²) in [6.45, 7) is 4.43. The third-order valence-electron chi connectivity index (χ3n) is 10.7. The first-order chi connectivity index (χ1) is 26.7. The van der Waals surface area contributed by atoms with Gasteiger partial charge in [0, 0.05) is 37.8 Å². The monoisotopic (exact) mass is 790 g/mol. The van der Waals surface area contributed by atoms with Crippen LogP contribution in [-0.2, 0) is 30.3 Å². The summed E-state index contributed by atoms with van der Waals surface area (Å²) in [6, 6.07) is 5.58. The summed E-state index contributed by atoms with van der Waals surface area (Å²) in [5.74, 6) is -7.43. The Balaban J connectivity index is 1.42. The van der Waals surface area contributed by atoms with E-state index in [1.54, 1.807) is 45.2 Å². The number of rotatable bonds is 12. The normalized spacial score (nSPS) is 21.4. The Kier molecular flexibility index (Phi) is 12.0. The first kappa shape index (κ1) is 42.2. The molecule has 57 heavy (non-hydrogen) atoms. The van der Waals surface area contributed by atoms with Crippen molar-refractivity contribution in [1.82, 2.24) is 9.80 Å². The second-order valence-electron chi connectivity index (χ2n) is 15.2. The number of nitrogens with zero attached hydrogens (tertiary/aromatic N) is 3. The molecule has 0 bridgehead atoms. The average Bonchev–Trinajstić information content (AvgIpc) is 3.11. The summed E-state index contributed by atoms with van der Waals surface area (Å²) in [5, 5.41) is 57.8. The number of phenols is 1. The number of likely N-dealkylation sites (N-methyl/N-ethyl adjacent to an activating group) is 1. The summed E-state index contributed by atoms with van der Waals surface area (Å²) in [5.41, 5.74) is 3.48. The van der Waals surface area contributed by atoms with Crippen LogP contribution in [0.2, 0.25) is 0 Å². The van der Waals surface area contributed by atoms with Gasteiger partial charge in [-0.05, 0) is 76.9 Å². The van der Waals surface area contributed by atoms with E-state index in [9.17, 15) is 44.4 Å². The lowest BCUT2D eigenvalue weighted by molar-refractivity contribution is -0.138. The summed E-state index contributed by atoms with van der Waals surface area (Å²) >= 11 is 0. The molecule has 4 atom stereocenters. The minimum absolute atomic E-state index is 0.0109. The zero-order valence-corrected chi connectivity index (χ0v) is 33.1. The van der Waals surface area contributed by atoms with Crippen LogP contribution in [0.15, 0.2) is 41.2 Å². The highest BCUT2D eigenvalue weighted by atomic mass is 16.7. The number of carbonyl (C=O) groups excluding carboxylic acids is 5. The quantitative estimate of drug-likeness (QED) is 0.0928. The highest BCUT2D eigenvalue weighted by Crippen LogP contribution is 2.54. The van der Waals surface area contributed by atoms with E-state index >= 15 is 0 Å². The van der Waals surface area contributed by atoms with E-state index in [4.69, 9.17) is 20.6 Å². The number of fused-ring (bicyclic) bond motifs is 3. The summed E-state index contributed by atoms with van der Waals surface area (Å²) in [4.78, 5) is 70.2. The maximum atomic E-state index is 14.3. The zero-order valence-electron chi connectivity index (χ0n) is 33.1. The number of nitrogens with one attached hydrogen (secondary N) is 2. The molecule has 0 spiro atoms. The van der Waals surface area contributed by atoms with E-state index < -0.39 is 95.0 Å². The number of hydrogen-bond donors (Lipinski definition) is 7. The van der Waals surface area contributed by atoms with Crippen LogP contribution in [-0.4, -0.2) is 125 Å². The van der Waals surface area contributed by atoms with Crippen molar-refractivity contribution in [2.75, 3.05) is 58.3 Å². The maximum Gasteiger partial charge on any atom is 0.413 e. The number of primary amides is 1. The van der Waals surface area contributed by atoms with Crippen LogP contribution in [0.1, 0.15) is 58.8 Å². The number of unbranched alkanes of at least 4 members (excludes halogenated alkanes) is 1. The number of hydrogen-bond acceptors (Lipinski definition) is 14. The minimum atomic E-state index is -2.66. The molecule has 3 aliphatic carbocycles. The lowest BCUT2D eigenvalue weighted by Gasteiger charge is -2.51. The van der Waals surface area contributed by atoms with Crippen molar-refractivity contribution < 1.29 is 53.9 Å². The van der Waals surface area contributed by atoms with Gasteiger partial charge in [-0.25, -0.2) is 9.59 Å². The molecule has 1 fully saturated rings. The van der Waals surface area contributed by atoms with Gasteiger partial charge in [-0.2, -0.15) is 0 Å². The predicted molar refractivity (Wildman–Crippen MR) is 209 cm³/mol. The number of ketones is 1. The van der Waals surface area contributed by atoms with Crippen molar-refractivity contribution in [1.29, 1.82) is 5.41 Å². The first-order valence-corrected chi connectivity index (χ1v) is 18.5. The van der Waals surface area contributed by atoms with E-state index in [0.717, 1.165) is 16.0 Å². The predicted octanol–water partition coefficient (Wildman–Crippen LogP) is 3.09. The molecule has 5 rings (SSSR count). The standard InChI is InChI=1S/C40H50N6O11/c1-8-9-10-46(39(54)57-18-56-38(53)22-12-19(2)11-20(3)13-22)17-27(47)43-25-16-26(44(4)5)23-14-21-15-24-31(45(6)7)34(50)30(37(42)52)35(41)40(24,55)36(51)28(21)33(49)29(23)32(25)48/h11-13,16,21,24,31,41,48-50,55H,8-10,14-15,17-18H2,1-7H3,(H2,42,52)(H,43,47)/t21-,24-,31-,40+/m0/s1. The van der Waals surface area contributed by atoms with Crippen molar-refractivity contribution in [2.24, 2.45) is 17.6 Å². The molecule has 0 aromatic heterocycles. The average molecular weight is 791 g/mol. The molecule has 1 saturated carbocycles. The van der Waals surface area contributed by atoms with Gasteiger partial charge in [-0.3, -0.25) is 24.2 Å². The number of Topliss-reactive ketones (excluding diaryl/α,β-unsaturated/α-hetero) is 1. The van der Waals surface area contributed by atoms with E-state index in [2.05, 4.69) is 5.32 Å². The number of aliphatic hydroxyl groups excluding tert-OH is 2. The van der Waals surface area contributed by atoms with Gasteiger partial charge >= 0.3 is 12.1 Å². The number of esters is 1. The fourth-order valence-electron chi connectivity index (χ4n) is 8.19. The number of nitrogens with two attached hydrogens (primary N) is 1. The lowest BCUT2D eigenvalue weighted by Crippen LogP contribution is -2.67. The highest BCUT2D eigenvalue weighted by Gasteiger charge is 2.63. The molecule has 3 aliphatic rings. The molecule has 2 aromatic carbocycles. The van der Waals surface area contributed by atoms with Crippen LogP contribution in [0, 0.1) is 31.1 Å². The SMILES string of the molecule is CCCCN(CC(=O)Nc1cc(N(C)C)c2c(c1O)C(O)=C1C(=O)[C@]3(O)C(=N)C(C(N)=O)=C(O)[C@@H](N(C)C)[C@@H]3C[C@@H]1C2)C(=O)OCOC(=O)c1cc(C)cc(C)c1. The molecular formula is C40H50N6O11. The van der Waals surface area contributed by atoms with Gasteiger partial charge in [0.15, 0.2) is 5.60 Å². The van der Waals surface area contributed by atoms with Gasteiger partial charge in [0.1, 0.15) is 29.4 Å². The topological polar surface area (TPSA) is 256 Å². The van der Waals surface area contributed by atoms with Crippen LogP contribution < -0.4 is 16.0 Å². The van der Waals surface area contributed by atoms with Crippen LogP contribution in [0.5, 0.6) is 5.75 Å². The summed E-state index contributed by atoms with van der Waals surface area (Å²) in [6.07, 6.45) is 0.317. The number of aryl methyl sites for hydroxylation is 2. The first-order valence-electron chi connectivity index (χ1n) is 18.5. The van der Waals surface area contributed by atoms with Gasteiger partial charge in [0.25, 0.3) is 5.91 Å². The van der Waals surface area contributed by atoms with Crippen LogP contribution >= 0.6 is 0 Å². The smallest absolute Gasteiger partial charge is 0.413 e. The highest BCUT2D eigenvalue weighted by molar-refractivity contribution is 6.34. The van der Waals surface area contributed by atoms with E-state index in [1.807, 2.05) is 26.8 Å². The Bertz CT molecular complexity index is 2090. The van der Waals surface area contributed by atoms with Gasteiger partial charge in [-0.15, -0.1) is 0 Å². The summed E-state index contributed by atoms with van der Waals surface area (Å²) in [7, 11) is 6.56. The van der Waals surface area contributed by atoms with Crippen LogP contribution in [0.4, 0.5) is 16.2 Å². The molecule has 2 aromatic rings. The fourth-order valence-corrected chi connectivity index (χ4v) is 8.19. The second kappa shape index (κ2) is 16.3. The Labute approximate surface area is 329 Å². The minimum Gasteiger partial charge on any atom is -0.510 e. The van der Waals surface area contributed by atoms with Gasteiger partial charge in [-0.1, -0.05) is 30.5 Å². The molecule has 306 valence electrons.